The molecule has 0 aliphatic heterocycles. The standard InChI is InChI=1S/C16H19N3O2/c1-12-4-3-5-13(8-12)19-16(20)11-21-15-7-6-14(9-17-2)18-10-15/h3-8,10,17H,9,11H2,1-2H3,(H,19,20). The van der Waals surface area contributed by atoms with E-state index in [9.17, 15) is 4.79 Å². The van der Waals surface area contributed by atoms with Crippen LogP contribution in [0.25, 0.3) is 0 Å². The smallest absolute Gasteiger partial charge is 0.262 e. The zero-order valence-electron chi connectivity index (χ0n) is 12.2. The summed E-state index contributed by atoms with van der Waals surface area (Å²) >= 11 is 0. The predicted molar refractivity (Wildman–Crippen MR) is 82.3 cm³/mol. The highest BCUT2D eigenvalue weighted by Crippen LogP contribution is 2.11. The second-order valence-corrected chi connectivity index (χ2v) is 4.72. The summed E-state index contributed by atoms with van der Waals surface area (Å²) in [6, 6.07) is 11.3. The highest BCUT2D eigenvalue weighted by atomic mass is 16.5. The summed E-state index contributed by atoms with van der Waals surface area (Å²) in [4.78, 5) is 16.0. The fourth-order valence-electron chi connectivity index (χ4n) is 1.85. The molecule has 2 N–H and O–H groups in total. The first kappa shape index (κ1) is 15.0. The van der Waals surface area contributed by atoms with Crippen LogP contribution in [-0.2, 0) is 11.3 Å². The molecule has 1 aromatic carbocycles. The number of nitrogens with one attached hydrogen (secondary N) is 2. The average Bonchev–Trinajstić information content (AvgIpc) is 2.47. The van der Waals surface area contributed by atoms with Gasteiger partial charge in [-0.2, -0.15) is 0 Å². The van der Waals surface area contributed by atoms with Crippen molar-refractivity contribution in [3.63, 3.8) is 0 Å². The number of aryl methyl sites for hydroxylation is 1. The number of carbonyl (C=O) groups is 1. The minimum Gasteiger partial charge on any atom is -0.482 e. The average molecular weight is 285 g/mol. The van der Waals surface area contributed by atoms with E-state index in [1.165, 1.54) is 0 Å². The largest absolute Gasteiger partial charge is 0.482 e. The monoisotopic (exact) mass is 285 g/mol. The van der Waals surface area contributed by atoms with Gasteiger partial charge in [-0.1, -0.05) is 12.1 Å². The van der Waals surface area contributed by atoms with E-state index >= 15 is 0 Å². The van der Waals surface area contributed by atoms with Crippen molar-refractivity contribution in [1.82, 2.24) is 10.3 Å². The van der Waals surface area contributed by atoms with Crippen molar-refractivity contribution in [1.29, 1.82) is 0 Å². The summed E-state index contributed by atoms with van der Waals surface area (Å²) in [6.07, 6.45) is 1.62. The van der Waals surface area contributed by atoms with Crippen molar-refractivity contribution in [2.24, 2.45) is 0 Å². The fraction of sp³-hybridized carbons (Fsp3) is 0.250. The van der Waals surface area contributed by atoms with Gasteiger partial charge in [-0.3, -0.25) is 9.78 Å². The summed E-state index contributed by atoms with van der Waals surface area (Å²) in [5, 5.41) is 5.81. The molecule has 0 aliphatic carbocycles. The molecule has 0 radical (unpaired) electrons. The maximum Gasteiger partial charge on any atom is 0.262 e. The van der Waals surface area contributed by atoms with E-state index in [2.05, 4.69) is 15.6 Å². The molecule has 2 aromatic rings. The first-order chi connectivity index (χ1) is 10.2. The van der Waals surface area contributed by atoms with Crippen molar-refractivity contribution in [2.45, 2.75) is 13.5 Å². The van der Waals surface area contributed by atoms with Crippen molar-refractivity contribution >= 4 is 11.6 Å². The fourth-order valence-corrected chi connectivity index (χ4v) is 1.85. The summed E-state index contributed by atoms with van der Waals surface area (Å²) in [7, 11) is 1.86. The number of pyridine rings is 1. The molecule has 0 aliphatic rings. The van der Waals surface area contributed by atoms with Crippen LogP contribution in [0.4, 0.5) is 5.69 Å². The van der Waals surface area contributed by atoms with E-state index in [0.717, 1.165) is 16.9 Å². The summed E-state index contributed by atoms with van der Waals surface area (Å²) < 4.78 is 5.41. The van der Waals surface area contributed by atoms with Crippen LogP contribution in [0, 0.1) is 6.92 Å². The molecular formula is C16H19N3O2. The molecule has 5 nitrogen and oxygen atoms in total. The number of hydrogen-bond donors (Lipinski definition) is 2. The Morgan fingerprint density at radius 3 is 2.81 bits per heavy atom. The second kappa shape index (κ2) is 7.40. The first-order valence-electron chi connectivity index (χ1n) is 6.76. The minimum absolute atomic E-state index is 0.0407. The van der Waals surface area contributed by atoms with Gasteiger partial charge >= 0.3 is 0 Å². The quantitative estimate of drug-likeness (QED) is 0.853. The second-order valence-electron chi connectivity index (χ2n) is 4.72. The molecule has 0 saturated heterocycles. The maximum absolute atomic E-state index is 11.8. The van der Waals surface area contributed by atoms with Crippen LogP contribution < -0.4 is 15.4 Å². The SMILES string of the molecule is CNCc1ccc(OCC(=O)Nc2cccc(C)c2)cn1. The van der Waals surface area contributed by atoms with E-state index in [4.69, 9.17) is 4.74 Å². The molecule has 110 valence electrons. The molecule has 0 bridgehead atoms. The summed E-state index contributed by atoms with van der Waals surface area (Å²) in [6.45, 7) is 2.64. The van der Waals surface area contributed by atoms with Gasteiger partial charge in [0.2, 0.25) is 0 Å². The molecule has 0 unspecified atom stereocenters. The van der Waals surface area contributed by atoms with Gasteiger partial charge in [-0.15, -0.1) is 0 Å². The molecule has 0 atom stereocenters. The molecule has 0 fully saturated rings. The molecule has 1 aromatic heterocycles. The number of amides is 1. The Hall–Kier alpha value is -2.40. The van der Waals surface area contributed by atoms with Crippen molar-refractivity contribution < 1.29 is 9.53 Å². The zero-order valence-corrected chi connectivity index (χ0v) is 12.2. The van der Waals surface area contributed by atoms with E-state index in [-0.39, 0.29) is 12.5 Å². The topological polar surface area (TPSA) is 63.2 Å². The Morgan fingerprint density at radius 1 is 1.29 bits per heavy atom. The third-order valence-corrected chi connectivity index (χ3v) is 2.83. The Morgan fingerprint density at radius 2 is 2.14 bits per heavy atom. The number of hydrogen-bond acceptors (Lipinski definition) is 4. The van der Waals surface area contributed by atoms with Crippen molar-refractivity contribution in [2.75, 3.05) is 19.0 Å². The number of nitrogens with zero attached hydrogens (tertiary/aromatic N) is 1. The van der Waals surface area contributed by atoms with E-state index in [1.807, 2.05) is 44.3 Å². The normalized spacial score (nSPS) is 10.2. The van der Waals surface area contributed by atoms with Gasteiger partial charge in [0, 0.05) is 12.2 Å². The lowest BCUT2D eigenvalue weighted by Gasteiger charge is -2.08. The van der Waals surface area contributed by atoms with Crippen LogP contribution >= 0.6 is 0 Å². The molecule has 21 heavy (non-hydrogen) atoms. The van der Waals surface area contributed by atoms with E-state index < -0.39 is 0 Å². The molecule has 5 heteroatoms. The predicted octanol–water partition coefficient (Wildman–Crippen LogP) is 2.13. The van der Waals surface area contributed by atoms with Crippen LogP contribution in [0.1, 0.15) is 11.3 Å². The van der Waals surface area contributed by atoms with Crippen LogP contribution in [0.3, 0.4) is 0 Å². The van der Waals surface area contributed by atoms with Gasteiger partial charge in [0.1, 0.15) is 5.75 Å². The van der Waals surface area contributed by atoms with Crippen LogP contribution in [0.15, 0.2) is 42.6 Å². The Balaban J connectivity index is 1.83. The summed E-state index contributed by atoms with van der Waals surface area (Å²) in [5.41, 5.74) is 2.79. The van der Waals surface area contributed by atoms with Gasteiger partial charge in [-0.25, -0.2) is 0 Å². The number of carbonyl (C=O) groups excluding carboxylic acids is 1. The lowest BCUT2D eigenvalue weighted by Crippen LogP contribution is -2.20. The highest BCUT2D eigenvalue weighted by Gasteiger charge is 2.04. The highest BCUT2D eigenvalue weighted by molar-refractivity contribution is 5.91. The van der Waals surface area contributed by atoms with Crippen LogP contribution in [0.2, 0.25) is 0 Å². The molecule has 2 rings (SSSR count). The molecule has 1 amide bonds. The van der Waals surface area contributed by atoms with Gasteiger partial charge in [0.15, 0.2) is 6.61 Å². The Bertz CT molecular complexity index is 597. The number of benzene rings is 1. The Labute approximate surface area is 124 Å². The van der Waals surface area contributed by atoms with E-state index in [1.54, 1.807) is 12.3 Å². The minimum atomic E-state index is -0.195. The van der Waals surface area contributed by atoms with Gasteiger partial charge in [0.25, 0.3) is 5.91 Å². The van der Waals surface area contributed by atoms with Crippen LogP contribution in [0.5, 0.6) is 5.75 Å². The lowest BCUT2D eigenvalue weighted by atomic mass is 10.2. The first-order valence-corrected chi connectivity index (χ1v) is 6.76. The number of rotatable bonds is 6. The van der Waals surface area contributed by atoms with Crippen LogP contribution in [-0.4, -0.2) is 24.5 Å². The van der Waals surface area contributed by atoms with Crippen molar-refractivity contribution in [3.8, 4) is 5.75 Å². The molecule has 0 saturated carbocycles. The Kier molecular flexibility index (Phi) is 5.29. The van der Waals surface area contributed by atoms with Gasteiger partial charge in [0.05, 0.1) is 11.9 Å². The number of aromatic nitrogens is 1. The van der Waals surface area contributed by atoms with Gasteiger partial charge in [-0.05, 0) is 43.8 Å². The molecule has 0 spiro atoms. The molecule has 1 heterocycles. The number of anilines is 1. The summed E-state index contributed by atoms with van der Waals surface area (Å²) in [5.74, 6) is 0.383. The lowest BCUT2D eigenvalue weighted by molar-refractivity contribution is -0.118. The third-order valence-electron chi connectivity index (χ3n) is 2.83. The van der Waals surface area contributed by atoms with Gasteiger partial charge < -0.3 is 15.4 Å². The van der Waals surface area contributed by atoms with E-state index in [0.29, 0.717) is 12.3 Å². The van der Waals surface area contributed by atoms with Crippen molar-refractivity contribution in [3.05, 3.63) is 53.9 Å². The maximum atomic E-state index is 11.8. The molecular weight excluding hydrogens is 266 g/mol. The number of ether oxygens (including phenoxy) is 1. The third kappa shape index (κ3) is 4.89. The zero-order chi connectivity index (χ0) is 15.1.